The molecule has 0 saturated carbocycles. The number of pyridine rings is 1. The Morgan fingerprint density at radius 1 is 1.24 bits per heavy atom. The first-order chi connectivity index (χ1) is 10.0. The number of hydrogen-bond acceptors (Lipinski definition) is 3. The molecule has 1 aromatic carbocycles. The molecule has 0 aliphatic heterocycles. The van der Waals surface area contributed by atoms with Gasteiger partial charge >= 0.3 is 5.97 Å². The van der Waals surface area contributed by atoms with Crippen molar-refractivity contribution >= 4 is 16.9 Å². The number of fused-ring (bicyclic) bond motifs is 1. The molecule has 0 amide bonds. The van der Waals surface area contributed by atoms with Gasteiger partial charge in [-0.25, -0.2) is 0 Å². The number of aromatic nitrogens is 1. The number of aryl methyl sites for hydroxylation is 1. The van der Waals surface area contributed by atoms with Gasteiger partial charge in [-0.05, 0) is 43.8 Å². The third-order valence-electron chi connectivity index (χ3n) is 3.86. The highest BCUT2D eigenvalue weighted by molar-refractivity contribution is 5.79. The molecule has 1 N–H and O–H groups in total. The van der Waals surface area contributed by atoms with Gasteiger partial charge in [0.05, 0.1) is 11.9 Å². The van der Waals surface area contributed by atoms with E-state index in [9.17, 15) is 9.90 Å². The van der Waals surface area contributed by atoms with Crippen LogP contribution in [0.5, 0.6) is 0 Å². The van der Waals surface area contributed by atoms with Gasteiger partial charge in [0.25, 0.3) is 0 Å². The van der Waals surface area contributed by atoms with Crippen molar-refractivity contribution in [3.8, 4) is 0 Å². The summed E-state index contributed by atoms with van der Waals surface area (Å²) in [5.41, 5.74) is 2.98. The summed E-state index contributed by atoms with van der Waals surface area (Å²) in [4.78, 5) is 17.9. The Bertz CT molecular complexity index is 636. The Hall–Kier alpha value is -1.94. The van der Waals surface area contributed by atoms with Crippen LogP contribution >= 0.6 is 0 Å². The highest BCUT2D eigenvalue weighted by atomic mass is 16.4. The molecule has 21 heavy (non-hydrogen) atoms. The molecule has 0 aliphatic rings. The fourth-order valence-corrected chi connectivity index (χ4v) is 2.74. The minimum Gasteiger partial charge on any atom is -0.481 e. The summed E-state index contributed by atoms with van der Waals surface area (Å²) in [5, 5.41) is 10.3. The molecule has 1 aromatic heterocycles. The standard InChI is InChI=1S/C17H22N2O2/c1-4-19(5-2)16(11-17(20)21)14-8-9-15-13(10-14)7-6-12(3)18-15/h6-10,16H,4-5,11H2,1-3H3,(H,20,21). The minimum atomic E-state index is -0.769. The SMILES string of the molecule is CCN(CC)C(CC(=O)O)c1ccc2nc(C)ccc2c1. The molecule has 0 spiro atoms. The van der Waals surface area contributed by atoms with Crippen molar-refractivity contribution in [1.82, 2.24) is 9.88 Å². The summed E-state index contributed by atoms with van der Waals surface area (Å²) >= 11 is 0. The van der Waals surface area contributed by atoms with Crippen LogP contribution < -0.4 is 0 Å². The number of benzene rings is 1. The largest absolute Gasteiger partial charge is 0.481 e. The molecular formula is C17H22N2O2. The number of hydrogen-bond donors (Lipinski definition) is 1. The highest BCUT2D eigenvalue weighted by Crippen LogP contribution is 2.27. The Morgan fingerprint density at radius 2 is 1.95 bits per heavy atom. The van der Waals surface area contributed by atoms with E-state index in [1.807, 2.05) is 31.2 Å². The van der Waals surface area contributed by atoms with Gasteiger partial charge in [0.1, 0.15) is 0 Å². The number of aliphatic carboxylic acids is 1. The van der Waals surface area contributed by atoms with Crippen LogP contribution in [-0.2, 0) is 4.79 Å². The molecule has 2 aromatic rings. The van der Waals surface area contributed by atoms with Crippen molar-refractivity contribution in [2.45, 2.75) is 33.2 Å². The fourth-order valence-electron chi connectivity index (χ4n) is 2.74. The monoisotopic (exact) mass is 286 g/mol. The summed E-state index contributed by atoms with van der Waals surface area (Å²) < 4.78 is 0. The van der Waals surface area contributed by atoms with Crippen LogP contribution in [0.25, 0.3) is 10.9 Å². The van der Waals surface area contributed by atoms with Crippen LogP contribution in [-0.4, -0.2) is 34.0 Å². The van der Waals surface area contributed by atoms with Gasteiger partial charge in [-0.3, -0.25) is 14.7 Å². The van der Waals surface area contributed by atoms with Gasteiger partial charge in [-0.2, -0.15) is 0 Å². The Balaban J connectivity index is 2.43. The van der Waals surface area contributed by atoms with Crippen molar-refractivity contribution in [1.29, 1.82) is 0 Å². The summed E-state index contributed by atoms with van der Waals surface area (Å²) in [6.45, 7) is 7.75. The maximum absolute atomic E-state index is 11.2. The predicted molar refractivity (Wildman–Crippen MR) is 84.4 cm³/mol. The van der Waals surface area contributed by atoms with Gasteiger partial charge in [-0.1, -0.05) is 26.0 Å². The molecule has 0 aliphatic carbocycles. The molecule has 0 bridgehead atoms. The van der Waals surface area contributed by atoms with E-state index < -0.39 is 5.97 Å². The summed E-state index contributed by atoms with van der Waals surface area (Å²) in [6.07, 6.45) is 0.118. The molecule has 1 unspecified atom stereocenters. The maximum atomic E-state index is 11.2. The summed E-state index contributed by atoms with van der Waals surface area (Å²) in [5.74, 6) is -0.769. The van der Waals surface area contributed by atoms with E-state index in [2.05, 4.69) is 29.8 Å². The second-order valence-corrected chi connectivity index (χ2v) is 5.24. The van der Waals surface area contributed by atoms with E-state index in [0.717, 1.165) is 35.2 Å². The predicted octanol–water partition coefficient (Wildman–Crippen LogP) is 3.40. The first kappa shape index (κ1) is 15.4. The number of carboxylic acid groups (broad SMARTS) is 1. The average Bonchev–Trinajstić information content (AvgIpc) is 2.46. The van der Waals surface area contributed by atoms with Crippen LogP contribution in [0.2, 0.25) is 0 Å². The van der Waals surface area contributed by atoms with Crippen LogP contribution in [0.1, 0.15) is 37.6 Å². The summed E-state index contributed by atoms with van der Waals surface area (Å²) in [6, 6.07) is 9.98. The van der Waals surface area contributed by atoms with Crippen molar-refractivity contribution in [2.75, 3.05) is 13.1 Å². The van der Waals surface area contributed by atoms with E-state index in [1.165, 1.54) is 0 Å². The average molecular weight is 286 g/mol. The van der Waals surface area contributed by atoms with Crippen molar-refractivity contribution in [3.05, 3.63) is 41.6 Å². The van der Waals surface area contributed by atoms with Crippen LogP contribution in [0.4, 0.5) is 0 Å². The molecule has 4 heteroatoms. The van der Waals surface area contributed by atoms with Gasteiger partial charge < -0.3 is 5.11 Å². The van der Waals surface area contributed by atoms with Gasteiger partial charge in [0.15, 0.2) is 0 Å². The molecule has 0 fully saturated rings. The van der Waals surface area contributed by atoms with Gasteiger partial charge in [0.2, 0.25) is 0 Å². The lowest BCUT2D eigenvalue weighted by molar-refractivity contribution is -0.138. The lowest BCUT2D eigenvalue weighted by Gasteiger charge is -2.29. The maximum Gasteiger partial charge on any atom is 0.305 e. The zero-order chi connectivity index (χ0) is 15.4. The van der Waals surface area contributed by atoms with Crippen LogP contribution in [0, 0.1) is 6.92 Å². The Labute approximate surface area is 125 Å². The molecule has 2 rings (SSSR count). The smallest absolute Gasteiger partial charge is 0.305 e. The third-order valence-corrected chi connectivity index (χ3v) is 3.86. The molecule has 0 saturated heterocycles. The molecular weight excluding hydrogens is 264 g/mol. The highest BCUT2D eigenvalue weighted by Gasteiger charge is 2.21. The molecule has 4 nitrogen and oxygen atoms in total. The number of rotatable bonds is 6. The minimum absolute atomic E-state index is 0.0943. The summed E-state index contributed by atoms with van der Waals surface area (Å²) in [7, 11) is 0. The molecule has 112 valence electrons. The molecule has 0 radical (unpaired) electrons. The van der Waals surface area contributed by atoms with Gasteiger partial charge in [0, 0.05) is 17.1 Å². The second-order valence-electron chi connectivity index (χ2n) is 5.24. The lowest BCUT2D eigenvalue weighted by Crippen LogP contribution is -2.30. The van der Waals surface area contributed by atoms with E-state index in [4.69, 9.17) is 0 Å². The Kier molecular flexibility index (Phi) is 4.91. The third kappa shape index (κ3) is 3.58. The van der Waals surface area contributed by atoms with E-state index in [1.54, 1.807) is 0 Å². The van der Waals surface area contributed by atoms with Crippen molar-refractivity contribution in [3.63, 3.8) is 0 Å². The number of carbonyl (C=O) groups is 1. The molecule has 1 atom stereocenters. The quantitative estimate of drug-likeness (QED) is 0.884. The zero-order valence-electron chi connectivity index (χ0n) is 12.8. The topological polar surface area (TPSA) is 53.4 Å². The zero-order valence-corrected chi connectivity index (χ0v) is 12.8. The normalized spacial score (nSPS) is 12.8. The van der Waals surface area contributed by atoms with E-state index >= 15 is 0 Å². The second kappa shape index (κ2) is 6.68. The lowest BCUT2D eigenvalue weighted by atomic mass is 9.99. The van der Waals surface area contributed by atoms with Crippen molar-refractivity contribution < 1.29 is 9.90 Å². The molecule has 1 heterocycles. The first-order valence-electron chi connectivity index (χ1n) is 7.38. The van der Waals surface area contributed by atoms with Crippen LogP contribution in [0.3, 0.4) is 0 Å². The van der Waals surface area contributed by atoms with Gasteiger partial charge in [-0.15, -0.1) is 0 Å². The number of carboxylic acids is 1. The van der Waals surface area contributed by atoms with Crippen molar-refractivity contribution in [2.24, 2.45) is 0 Å². The Morgan fingerprint density at radius 3 is 2.57 bits per heavy atom. The van der Waals surface area contributed by atoms with E-state index in [-0.39, 0.29) is 12.5 Å². The van der Waals surface area contributed by atoms with E-state index in [0.29, 0.717) is 0 Å². The first-order valence-corrected chi connectivity index (χ1v) is 7.38. The number of nitrogens with zero attached hydrogens (tertiary/aromatic N) is 2. The van der Waals surface area contributed by atoms with Crippen LogP contribution in [0.15, 0.2) is 30.3 Å². The fraction of sp³-hybridized carbons (Fsp3) is 0.412.